The van der Waals surface area contributed by atoms with Crippen molar-refractivity contribution in [2.45, 2.75) is 13.0 Å². The molecule has 4 nitrogen and oxygen atoms in total. The molecule has 0 aliphatic heterocycles. The molecule has 1 atom stereocenters. The lowest BCUT2D eigenvalue weighted by atomic mass is 10.1. The monoisotopic (exact) mass is 335 g/mol. The first kappa shape index (κ1) is 14.4. The fourth-order valence-corrected chi connectivity index (χ4v) is 2.31. The summed E-state index contributed by atoms with van der Waals surface area (Å²) in [5, 5.41) is 22.1. The van der Waals surface area contributed by atoms with E-state index < -0.39 is 5.91 Å². The van der Waals surface area contributed by atoms with E-state index in [4.69, 9.17) is 0 Å². The van der Waals surface area contributed by atoms with E-state index in [1.807, 2.05) is 31.2 Å². The Bertz CT molecular complexity index is 623. The summed E-state index contributed by atoms with van der Waals surface area (Å²) in [5.41, 5.74) is 0.803. The summed E-state index contributed by atoms with van der Waals surface area (Å²) in [4.78, 5) is 12.1. The Hall–Kier alpha value is -2.01. The van der Waals surface area contributed by atoms with Crippen molar-refractivity contribution in [2.24, 2.45) is 0 Å². The van der Waals surface area contributed by atoms with E-state index in [2.05, 4.69) is 21.2 Å². The third-order valence-corrected chi connectivity index (χ3v) is 3.44. The van der Waals surface area contributed by atoms with Crippen LogP contribution in [0.25, 0.3) is 0 Å². The molecule has 0 spiro atoms. The SMILES string of the molecule is CC(NC(=O)c1c(O)cccc1O)c1cccc(Br)c1. The molecule has 104 valence electrons. The molecule has 0 aromatic heterocycles. The number of nitrogens with one attached hydrogen (secondary N) is 1. The van der Waals surface area contributed by atoms with E-state index in [9.17, 15) is 15.0 Å². The Morgan fingerprint density at radius 3 is 2.35 bits per heavy atom. The van der Waals surface area contributed by atoms with Crippen molar-refractivity contribution in [3.8, 4) is 11.5 Å². The van der Waals surface area contributed by atoms with Crippen LogP contribution in [0.2, 0.25) is 0 Å². The van der Waals surface area contributed by atoms with Gasteiger partial charge in [0.05, 0.1) is 6.04 Å². The summed E-state index contributed by atoms with van der Waals surface area (Å²) in [5.74, 6) is -1.01. The number of hydrogen-bond acceptors (Lipinski definition) is 3. The molecule has 5 heteroatoms. The molecule has 3 N–H and O–H groups in total. The number of phenols is 2. The molecule has 0 saturated carbocycles. The fraction of sp³-hybridized carbons (Fsp3) is 0.133. The van der Waals surface area contributed by atoms with Gasteiger partial charge in [0, 0.05) is 4.47 Å². The van der Waals surface area contributed by atoms with Crippen LogP contribution in [-0.4, -0.2) is 16.1 Å². The number of benzene rings is 2. The summed E-state index contributed by atoms with van der Waals surface area (Å²) in [6, 6.07) is 11.5. The minimum absolute atomic E-state index is 0.116. The maximum Gasteiger partial charge on any atom is 0.259 e. The molecular weight excluding hydrogens is 322 g/mol. The van der Waals surface area contributed by atoms with Crippen molar-refractivity contribution in [1.29, 1.82) is 0 Å². The number of amides is 1. The van der Waals surface area contributed by atoms with Crippen molar-refractivity contribution in [3.63, 3.8) is 0 Å². The molecule has 0 aliphatic carbocycles. The molecule has 0 heterocycles. The zero-order valence-corrected chi connectivity index (χ0v) is 12.4. The molecule has 2 rings (SSSR count). The zero-order chi connectivity index (χ0) is 14.7. The minimum atomic E-state index is -0.520. The highest BCUT2D eigenvalue weighted by Gasteiger charge is 2.18. The Labute approximate surface area is 125 Å². The molecule has 2 aromatic rings. The van der Waals surface area contributed by atoms with Crippen LogP contribution < -0.4 is 5.32 Å². The first-order chi connectivity index (χ1) is 9.49. The van der Waals surface area contributed by atoms with Gasteiger partial charge in [0.25, 0.3) is 5.91 Å². The first-order valence-electron chi connectivity index (χ1n) is 6.06. The van der Waals surface area contributed by atoms with Crippen LogP contribution in [0.1, 0.15) is 28.9 Å². The predicted octanol–water partition coefficient (Wildman–Crippen LogP) is 3.35. The van der Waals surface area contributed by atoms with Crippen LogP contribution in [-0.2, 0) is 0 Å². The molecule has 0 bridgehead atoms. The standard InChI is InChI=1S/C15H14BrNO3/c1-9(10-4-2-5-11(16)8-10)17-15(20)14-12(18)6-3-7-13(14)19/h2-9,18-19H,1H3,(H,17,20). The number of carbonyl (C=O) groups excluding carboxylic acids is 1. The predicted molar refractivity (Wildman–Crippen MR) is 79.8 cm³/mol. The van der Waals surface area contributed by atoms with Crippen LogP contribution >= 0.6 is 15.9 Å². The maximum absolute atomic E-state index is 12.1. The van der Waals surface area contributed by atoms with Crippen LogP contribution in [0.5, 0.6) is 11.5 Å². The average molecular weight is 336 g/mol. The Balaban J connectivity index is 2.20. The molecule has 0 saturated heterocycles. The number of hydrogen-bond donors (Lipinski definition) is 3. The van der Waals surface area contributed by atoms with Gasteiger partial charge < -0.3 is 15.5 Å². The van der Waals surface area contributed by atoms with Crippen LogP contribution in [0.3, 0.4) is 0 Å². The zero-order valence-electron chi connectivity index (χ0n) is 10.8. The van der Waals surface area contributed by atoms with Gasteiger partial charge in [-0.3, -0.25) is 4.79 Å². The van der Waals surface area contributed by atoms with E-state index in [0.29, 0.717) is 0 Å². The summed E-state index contributed by atoms with van der Waals surface area (Å²) >= 11 is 3.37. The molecule has 1 amide bonds. The van der Waals surface area contributed by atoms with Crippen molar-refractivity contribution in [3.05, 3.63) is 58.1 Å². The average Bonchev–Trinajstić information content (AvgIpc) is 2.38. The van der Waals surface area contributed by atoms with Gasteiger partial charge >= 0.3 is 0 Å². The van der Waals surface area contributed by atoms with E-state index >= 15 is 0 Å². The molecule has 0 aliphatic rings. The lowest BCUT2D eigenvalue weighted by Gasteiger charge is -2.15. The summed E-state index contributed by atoms with van der Waals surface area (Å²) in [6.45, 7) is 1.83. The molecule has 2 aromatic carbocycles. The van der Waals surface area contributed by atoms with Crippen LogP contribution in [0, 0.1) is 0 Å². The van der Waals surface area contributed by atoms with Gasteiger partial charge in [0.1, 0.15) is 17.1 Å². The molecule has 0 fully saturated rings. The second-order valence-electron chi connectivity index (χ2n) is 4.42. The summed E-state index contributed by atoms with van der Waals surface area (Å²) < 4.78 is 0.918. The molecular formula is C15H14BrNO3. The van der Waals surface area contributed by atoms with E-state index in [1.165, 1.54) is 18.2 Å². The number of rotatable bonds is 3. The fourth-order valence-electron chi connectivity index (χ4n) is 1.89. The van der Waals surface area contributed by atoms with Gasteiger partial charge in [-0.2, -0.15) is 0 Å². The number of carbonyl (C=O) groups is 1. The van der Waals surface area contributed by atoms with Gasteiger partial charge in [0.15, 0.2) is 0 Å². The van der Waals surface area contributed by atoms with Crippen molar-refractivity contribution in [1.82, 2.24) is 5.32 Å². The third-order valence-electron chi connectivity index (χ3n) is 2.94. The highest BCUT2D eigenvalue weighted by molar-refractivity contribution is 9.10. The second-order valence-corrected chi connectivity index (χ2v) is 5.34. The smallest absolute Gasteiger partial charge is 0.259 e. The highest BCUT2D eigenvalue weighted by atomic mass is 79.9. The van der Waals surface area contributed by atoms with E-state index in [0.717, 1.165) is 10.0 Å². The van der Waals surface area contributed by atoms with Gasteiger partial charge in [0.2, 0.25) is 0 Å². The third kappa shape index (κ3) is 3.11. The van der Waals surface area contributed by atoms with Gasteiger partial charge in [-0.1, -0.05) is 34.1 Å². The summed E-state index contributed by atoms with van der Waals surface area (Å²) in [7, 11) is 0. The van der Waals surface area contributed by atoms with Crippen molar-refractivity contribution < 1.29 is 15.0 Å². The number of phenolic OH excluding ortho intramolecular Hbond substituents is 2. The number of aromatic hydroxyl groups is 2. The van der Waals surface area contributed by atoms with Gasteiger partial charge in [-0.15, -0.1) is 0 Å². The first-order valence-corrected chi connectivity index (χ1v) is 6.85. The van der Waals surface area contributed by atoms with E-state index in [-0.39, 0.29) is 23.1 Å². The molecule has 1 unspecified atom stereocenters. The molecule has 0 radical (unpaired) electrons. The largest absolute Gasteiger partial charge is 0.507 e. The van der Waals surface area contributed by atoms with Gasteiger partial charge in [-0.25, -0.2) is 0 Å². The normalized spacial score (nSPS) is 11.9. The van der Waals surface area contributed by atoms with Crippen LogP contribution in [0.15, 0.2) is 46.9 Å². The lowest BCUT2D eigenvalue weighted by Crippen LogP contribution is -2.26. The lowest BCUT2D eigenvalue weighted by molar-refractivity contribution is 0.0934. The quantitative estimate of drug-likeness (QED) is 0.805. The molecule has 20 heavy (non-hydrogen) atoms. The Morgan fingerprint density at radius 2 is 1.75 bits per heavy atom. The van der Waals surface area contributed by atoms with E-state index in [1.54, 1.807) is 0 Å². The topological polar surface area (TPSA) is 69.6 Å². The van der Waals surface area contributed by atoms with Crippen LogP contribution in [0.4, 0.5) is 0 Å². The van der Waals surface area contributed by atoms with Crippen molar-refractivity contribution in [2.75, 3.05) is 0 Å². The summed E-state index contributed by atoms with van der Waals surface area (Å²) in [6.07, 6.45) is 0. The minimum Gasteiger partial charge on any atom is -0.507 e. The number of halogens is 1. The Morgan fingerprint density at radius 1 is 1.15 bits per heavy atom. The second kappa shape index (κ2) is 5.96. The van der Waals surface area contributed by atoms with Gasteiger partial charge in [-0.05, 0) is 36.8 Å². The highest BCUT2D eigenvalue weighted by Crippen LogP contribution is 2.27. The Kier molecular flexibility index (Phi) is 4.29. The van der Waals surface area contributed by atoms with Crippen molar-refractivity contribution >= 4 is 21.8 Å². The maximum atomic E-state index is 12.1.